The number of rotatable bonds is 0. The summed E-state index contributed by atoms with van der Waals surface area (Å²) in [7, 11) is 0. The molecule has 3 nitrogen and oxygen atoms in total. The highest BCUT2D eigenvalue weighted by Gasteiger charge is 1.77. The zero-order valence-corrected chi connectivity index (χ0v) is 4.54. The Morgan fingerprint density at radius 2 is 1.89 bits per heavy atom. The fourth-order valence-electron chi connectivity index (χ4n) is 0.194. The van der Waals surface area contributed by atoms with E-state index in [-0.39, 0.29) is 6.33 Å². The van der Waals surface area contributed by atoms with Crippen LogP contribution in [0.15, 0.2) is 39.1 Å². The van der Waals surface area contributed by atoms with Crippen molar-refractivity contribution in [3.8, 4) is 0 Å². The van der Waals surface area contributed by atoms with Gasteiger partial charge in [0.15, 0.2) is 0 Å². The van der Waals surface area contributed by atoms with Gasteiger partial charge in [-0.15, -0.1) is 0 Å². The summed E-state index contributed by atoms with van der Waals surface area (Å²) in [5.74, 6) is -0.657. The smallest absolute Gasteiger partial charge is 0.399 e. The van der Waals surface area contributed by atoms with E-state index in [0.717, 1.165) is 0 Å². The molecule has 0 fully saturated rings. The quantitative estimate of drug-likeness (QED) is 0.534. The topological polar surface area (TPSA) is 43.4 Å². The van der Waals surface area contributed by atoms with Crippen LogP contribution in [0.3, 0.4) is 0 Å². The Hall–Kier alpha value is -1.32. The van der Waals surface area contributed by atoms with Gasteiger partial charge in [-0.25, -0.2) is 9.18 Å². The summed E-state index contributed by atoms with van der Waals surface area (Å²) < 4.78 is 18.3. The van der Waals surface area contributed by atoms with E-state index in [1.165, 1.54) is 12.5 Å². The molecule has 0 aliphatic heterocycles. The summed E-state index contributed by atoms with van der Waals surface area (Å²) in [6.07, 6.45) is 2.62. The molecule has 0 aromatic carbocycles. The van der Waals surface area contributed by atoms with Crippen LogP contribution < -0.4 is 5.82 Å². The van der Waals surface area contributed by atoms with Crippen molar-refractivity contribution in [2.24, 2.45) is 0 Å². The largest absolute Gasteiger partial charge is 0.518 e. The highest BCUT2D eigenvalue weighted by molar-refractivity contribution is 4.49. The molecule has 0 atom stereocenters. The average Bonchev–Trinajstić information content (AvgIpc) is 2.20. The molecule has 50 valence electrons. The SMILES string of the molecule is C=CF.O=c1occo1. The second-order valence-electron chi connectivity index (χ2n) is 0.912. The molecule has 0 bridgehead atoms. The minimum atomic E-state index is -0.657. The van der Waals surface area contributed by atoms with Crippen LogP contribution in [-0.4, -0.2) is 0 Å². The summed E-state index contributed by atoms with van der Waals surface area (Å²) in [4.78, 5) is 9.74. The second-order valence-corrected chi connectivity index (χ2v) is 0.912. The summed E-state index contributed by atoms with van der Waals surface area (Å²) in [6.45, 7) is 2.69. The molecule has 0 aliphatic rings. The first kappa shape index (κ1) is 7.68. The van der Waals surface area contributed by atoms with Crippen LogP contribution in [-0.2, 0) is 0 Å². The lowest BCUT2D eigenvalue weighted by atomic mass is 11.1. The van der Waals surface area contributed by atoms with E-state index < -0.39 is 5.82 Å². The fraction of sp³-hybridized carbons (Fsp3) is 0. The highest BCUT2D eigenvalue weighted by Crippen LogP contribution is 1.70. The molecule has 1 aromatic rings. The first-order chi connectivity index (χ1) is 4.31. The van der Waals surface area contributed by atoms with Crippen molar-refractivity contribution < 1.29 is 13.2 Å². The van der Waals surface area contributed by atoms with E-state index in [9.17, 15) is 9.18 Å². The fourth-order valence-corrected chi connectivity index (χ4v) is 0.194. The molecule has 0 saturated carbocycles. The molecule has 1 rings (SSSR count). The Bertz CT molecular complexity index is 183. The van der Waals surface area contributed by atoms with Gasteiger partial charge >= 0.3 is 5.82 Å². The zero-order chi connectivity index (χ0) is 7.11. The van der Waals surface area contributed by atoms with Crippen molar-refractivity contribution in [3.63, 3.8) is 0 Å². The van der Waals surface area contributed by atoms with Crippen LogP contribution in [0.4, 0.5) is 4.39 Å². The van der Waals surface area contributed by atoms with Gasteiger partial charge in [-0.05, 0) is 0 Å². The van der Waals surface area contributed by atoms with E-state index in [2.05, 4.69) is 15.4 Å². The van der Waals surface area contributed by atoms with Gasteiger partial charge < -0.3 is 8.83 Å². The third-order valence-corrected chi connectivity index (χ3v) is 0.384. The first-order valence-corrected chi connectivity index (χ1v) is 2.04. The average molecular weight is 132 g/mol. The Labute approximate surface area is 50.4 Å². The molecule has 0 N–H and O–H groups in total. The van der Waals surface area contributed by atoms with Crippen LogP contribution in [0, 0.1) is 0 Å². The van der Waals surface area contributed by atoms with Gasteiger partial charge in [-0.3, -0.25) is 0 Å². The molecule has 0 spiro atoms. The standard InChI is InChI=1S/C3H2O3.C2H3F/c4-3-5-1-2-6-3;1-2-3/h1-2H;2H,1H2. The van der Waals surface area contributed by atoms with Gasteiger partial charge in [0.25, 0.3) is 0 Å². The Morgan fingerprint density at radius 1 is 1.56 bits per heavy atom. The third-order valence-electron chi connectivity index (χ3n) is 0.384. The van der Waals surface area contributed by atoms with Crippen molar-refractivity contribution in [1.29, 1.82) is 0 Å². The Balaban J connectivity index is 0.000000187. The maximum Gasteiger partial charge on any atom is 0.518 e. The minimum absolute atomic E-state index is 0.250. The first-order valence-electron chi connectivity index (χ1n) is 2.04. The van der Waals surface area contributed by atoms with Crippen molar-refractivity contribution >= 4 is 0 Å². The van der Waals surface area contributed by atoms with E-state index in [1.807, 2.05) is 0 Å². The highest BCUT2D eigenvalue weighted by atomic mass is 19.1. The molecule has 0 radical (unpaired) electrons. The van der Waals surface area contributed by atoms with Gasteiger partial charge in [0, 0.05) is 0 Å². The lowest BCUT2D eigenvalue weighted by Gasteiger charge is -1.49. The molecule has 0 amide bonds. The van der Waals surface area contributed by atoms with Crippen molar-refractivity contribution in [1.82, 2.24) is 0 Å². The van der Waals surface area contributed by atoms with Gasteiger partial charge in [0.1, 0.15) is 12.5 Å². The van der Waals surface area contributed by atoms with Gasteiger partial charge in [0.2, 0.25) is 0 Å². The third kappa shape index (κ3) is 4.53. The summed E-state index contributed by atoms with van der Waals surface area (Å²) >= 11 is 0. The Morgan fingerprint density at radius 3 is 2.00 bits per heavy atom. The monoisotopic (exact) mass is 132 g/mol. The zero-order valence-electron chi connectivity index (χ0n) is 4.54. The molecule has 0 saturated heterocycles. The molecule has 4 heteroatoms. The van der Waals surface area contributed by atoms with Crippen LogP contribution in [0.2, 0.25) is 0 Å². The van der Waals surface area contributed by atoms with Crippen molar-refractivity contribution in [2.75, 3.05) is 0 Å². The second kappa shape index (κ2) is 4.83. The molecule has 1 heterocycles. The van der Waals surface area contributed by atoms with E-state index in [0.29, 0.717) is 0 Å². The molecule has 0 unspecified atom stereocenters. The van der Waals surface area contributed by atoms with Gasteiger partial charge in [-0.2, -0.15) is 0 Å². The van der Waals surface area contributed by atoms with Gasteiger partial charge in [-0.1, -0.05) is 6.58 Å². The van der Waals surface area contributed by atoms with Crippen LogP contribution in [0.1, 0.15) is 0 Å². The van der Waals surface area contributed by atoms with Crippen molar-refractivity contribution in [3.05, 3.63) is 36.1 Å². The Kier molecular flexibility index (Phi) is 4.12. The minimum Gasteiger partial charge on any atom is -0.399 e. The molecular weight excluding hydrogens is 127 g/mol. The summed E-state index contributed by atoms with van der Waals surface area (Å²) in [5.41, 5.74) is 0. The van der Waals surface area contributed by atoms with E-state index in [4.69, 9.17) is 0 Å². The van der Waals surface area contributed by atoms with E-state index >= 15 is 0 Å². The normalized spacial score (nSPS) is 7.22. The maximum absolute atomic E-state index is 10.1. The molecular formula is C5H5FO3. The predicted octanol–water partition coefficient (Wildman–Crippen LogP) is 1.33. The van der Waals surface area contributed by atoms with Crippen LogP contribution in [0.5, 0.6) is 0 Å². The summed E-state index contributed by atoms with van der Waals surface area (Å²) in [6, 6.07) is 0. The van der Waals surface area contributed by atoms with E-state index in [1.54, 1.807) is 0 Å². The lowest BCUT2D eigenvalue weighted by Crippen LogP contribution is -1.83. The number of hydrogen-bond donors (Lipinski definition) is 0. The maximum atomic E-state index is 10.1. The molecule has 1 aromatic heterocycles. The predicted molar refractivity (Wildman–Crippen MR) is 28.5 cm³/mol. The summed E-state index contributed by atoms with van der Waals surface area (Å²) in [5, 5.41) is 0. The lowest BCUT2D eigenvalue weighted by molar-refractivity contribution is 0.385. The van der Waals surface area contributed by atoms with Gasteiger partial charge in [0.05, 0.1) is 6.33 Å². The van der Waals surface area contributed by atoms with Crippen LogP contribution >= 0.6 is 0 Å². The number of hydrogen-bond acceptors (Lipinski definition) is 3. The van der Waals surface area contributed by atoms with Crippen molar-refractivity contribution in [2.45, 2.75) is 0 Å². The van der Waals surface area contributed by atoms with Crippen LogP contribution in [0.25, 0.3) is 0 Å². The molecule has 9 heavy (non-hydrogen) atoms. The molecule has 0 aliphatic carbocycles. The number of halogens is 1.